The molecular formula is C27H32ClF3N4O2. The molecule has 0 atom stereocenters. The Bertz CT molecular complexity index is 1160. The van der Waals surface area contributed by atoms with Gasteiger partial charge in [0.15, 0.2) is 0 Å². The van der Waals surface area contributed by atoms with Gasteiger partial charge in [-0.2, -0.15) is 13.2 Å². The summed E-state index contributed by atoms with van der Waals surface area (Å²) in [5, 5.41) is 6.05. The van der Waals surface area contributed by atoms with Gasteiger partial charge in [0.2, 0.25) is 5.91 Å². The topological polar surface area (TPSA) is 64.7 Å². The zero-order valence-electron chi connectivity index (χ0n) is 20.7. The van der Waals surface area contributed by atoms with Crippen molar-refractivity contribution in [3.8, 4) is 0 Å². The highest BCUT2D eigenvalue weighted by Crippen LogP contribution is 2.35. The molecule has 6 nitrogen and oxygen atoms in total. The van der Waals surface area contributed by atoms with Gasteiger partial charge in [-0.1, -0.05) is 6.07 Å². The minimum atomic E-state index is -4.51. The lowest BCUT2D eigenvalue weighted by molar-refractivity contribution is -0.137. The molecular weight excluding hydrogens is 505 g/mol. The van der Waals surface area contributed by atoms with E-state index in [1.807, 2.05) is 6.07 Å². The van der Waals surface area contributed by atoms with Gasteiger partial charge < -0.3 is 20.4 Å². The van der Waals surface area contributed by atoms with Gasteiger partial charge >= 0.3 is 6.18 Å². The van der Waals surface area contributed by atoms with E-state index in [0.717, 1.165) is 61.8 Å². The van der Waals surface area contributed by atoms with E-state index >= 15 is 0 Å². The average molecular weight is 537 g/mol. The molecule has 2 aromatic rings. The Morgan fingerprint density at radius 3 is 2.43 bits per heavy atom. The fraction of sp³-hybridized carbons (Fsp3) is 0.481. The fourth-order valence-corrected chi connectivity index (χ4v) is 5.09. The van der Waals surface area contributed by atoms with Crippen molar-refractivity contribution >= 4 is 41.3 Å². The molecule has 0 aromatic heterocycles. The molecule has 1 saturated carbocycles. The second-order valence-electron chi connectivity index (χ2n) is 10.2. The highest BCUT2D eigenvalue weighted by atomic mass is 35.5. The minimum Gasteiger partial charge on any atom is -0.382 e. The first-order chi connectivity index (χ1) is 17.2. The summed E-state index contributed by atoms with van der Waals surface area (Å²) in [7, 11) is 1.69. The summed E-state index contributed by atoms with van der Waals surface area (Å²) in [6, 6.07) is 8.57. The summed E-state index contributed by atoms with van der Waals surface area (Å²) in [4.78, 5) is 29.3. The van der Waals surface area contributed by atoms with Crippen LogP contribution in [0.25, 0.3) is 0 Å². The standard InChI is InChI=1S/C27H31F3N4O2.ClH/c1-33-24-15-21(7-4-18(24)5-9-25(33)35)32-26(36)22-8-6-19(27(28,29)30)14-23(22)31-20-10-12-34(13-11-20)16-17-2-3-17;/h4,6-8,14-15,17,20,31H,2-3,5,9-13,16H2,1H3,(H,32,36);1H. The number of piperidine rings is 1. The molecule has 3 aliphatic rings. The molecule has 0 unspecified atom stereocenters. The number of likely N-dealkylation sites (tertiary alicyclic amines) is 1. The van der Waals surface area contributed by atoms with E-state index in [0.29, 0.717) is 18.5 Å². The number of rotatable bonds is 6. The second kappa shape index (κ2) is 10.9. The number of amides is 2. The lowest BCUT2D eigenvalue weighted by Crippen LogP contribution is -2.40. The number of carbonyl (C=O) groups is 2. The van der Waals surface area contributed by atoms with E-state index in [-0.39, 0.29) is 35.6 Å². The zero-order chi connectivity index (χ0) is 25.4. The number of nitrogens with one attached hydrogen (secondary N) is 2. The number of hydrogen-bond donors (Lipinski definition) is 2. The molecule has 0 radical (unpaired) electrons. The summed E-state index contributed by atoms with van der Waals surface area (Å²) >= 11 is 0. The maximum Gasteiger partial charge on any atom is 0.416 e. The molecule has 2 heterocycles. The highest BCUT2D eigenvalue weighted by Gasteiger charge is 2.33. The van der Waals surface area contributed by atoms with Crippen LogP contribution in [0.15, 0.2) is 36.4 Å². The first kappa shape index (κ1) is 27.3. The van der Waals surface area contributed by atoms with Gasteiger partial charge in [-0.25, -0.2) is 0 Å². The summed E-state index contributed by atoms with van der Waals surface area (Å²) in [5.74, 6) is 0.306. The minimum absolute atomic E-state index is 0. The number of anilines is 3. The van der Waals surface area contributed by atoms with E-state index in [2.05, 4.69) is 15.5 Å². The van der Waals surface area contributed by atoms with E-state index in [4.69, 9.17) is 0 Å². The van der Waals surface area contributed by atoms with Gasteiger partial charge in [0, 0.05) is 56.2 Å². The molecule has 2 aliphatic heterocycles. The van der Waals surface area contributed by atoms with Crippen molar-refractivity contribution in [3.63, 3.8) is 0 Å². The van der Waals surface area contributed by atoms with Crippen LogP contribution in [0.2, 0.25) is 0 Å². The number of aryl methyl sites for hydroxylation is 1. The molecule has 2 aromatic carbocycles. The lowest BCUT2D eigenvalue weighted by Gasteiger charge is -2.33. The molecule has 200 valence electrons. The molecule has 2 fully saturated rings. The predicted octanol–water partition coefficient (Wildman–Crippen LogP) is 5.57. The molecule has 0 spiro atoms. The Kier molecular flexibility index (Phi) is 8.04. The van der Waals surface area contributed by atoms with Gasteiger partial charge in [0.05, 0.1) is 11.1 Å². The molecule has 10 heteroatoms. The van der Waals surface area contributed by atoms with Crippen molar-refractivity contribution in [2.24, 2.45) is 5.92 Å². The van der Waals surface area contributed by atoms with Crippen LogP contribution in [0.3, 0.4) is 0 Å². The number of benzene rings is 2. The third kappa shape index (κ3) is 6.38. The second-order valence-corrected chi connectivity index (χ2v) is 10.2. The third-order valence-corrected chi connectivity index (χ3v) is 7.44. The molecule has 0 bridgehead atoms. The number of nitrogens with zero attached hydrogens (tertiary/aromatic N) is 2. The van der Waals surface area contributed by atoms with E-state index < -0.39 is 17.6 Å². The van der Waals surface area contributed by atoms with Crippen LogP contribution < -0.4 is 15.5 Å². The Hall–Kier alpha value is -2.78. The Labute approximate surface area is 221 Å². The normalized spacial score (nSPS) is 18.7. The van der Waals surface area contributed by atoms with Gasteiger partial charge in [-0.15, -0.1) is 12.4 Å². The van der Waals surface area contributed by atoms with Crippen molar-refractivity contribution in [2.45, 2.75) is 50.7 Å². The van der Waals surface area contributed by atoms with Crippen LogP contribution in [0.4, 0.5) is 30.2 Å². The predicted molar refractivity (Wildman–Crippen MR) is 141 cm³/mol. The Balaban J connectivity index is 0.00000320. The SMILES string of the molecule is CN1C(=O)CCc2ccc(NC(=O)c3ccc(C(F)(F)F)cc3NC3CCN(CC4CC4)CC3)cc21.Cl. The van der Waals surface area contributed by atoms with E-state index in [1.54, 1.807) is 24.1 Å². The van der Waals surface area contributed by atoms with Crippen molar-refractivity contribution < 1.29 is 22.8 Å². The number of alkyl halides is 3. The highest BCUT2D eigenvalue weighted by molar-refractivity contribution is 6.08. The monoisotopic (exact) mass is 536 g/mol. The quantitative estimate of drug-likeness (QED) is 0.506. The summed E-state index contributed by atoms with van der Waals surface area (Å²) in [5.41, 5.74) is 1.78. The van der Waals surface area contributed by atoms with Crippen molar-refractivity contribution in [3.05, 3.63) is 53.1 Å². The van der Waals surface area contributed by atoms with Crippen molar-refractivity contribution in [2.75, 3.05) is 42.2 Å². The van der Waals surface area contributed by atoms with Gasteiger partial charge in [0.25, 0.3) is 5.91 Å². The largest absolute Gasteiger partial charge is 0.416 e. The fourth-order valence-electron chi connectivity index (χ4n) is 5.09. The summed E-state index contributed by atoms with van der Waals surface area (Å²) in [6.45, 7) is 2.90. The van der Waals surface area contributed by atoms with Gasteiger partial charge in [-0.05, 0) is 73.9 Å². The average Bonchev–Trinajstić information content (AvgIpc) is 3.66. The Morgan fingerprint density at radius 2 is 1.76 bits per heavy atom. The van der Waals surface area contributed by atoms with Gasteiger partial charge in [-0.3, -0.25) is 9.59 Å². The van der Waals surface area contributed by atoms with E-state index in [1.165, 1.54) is 18.9 Å². The summed E-state index contributed by atoms with van der Waals surface area (Å²) < 4.78 is 40.4. The molecule has 2 N–H and O–H groups in total. The van der Waals surface area contributed by atoms with Crippen molar-refractivity contribution in [1.29, 1.82) is 0 Å². The number of fused-ring (bicyclic) bond motifs is 1. The molecule has 5 rings (SSSR count). The van der Waals surface area contributed by atoms with Crippen LogP contribution >= 0.6 is 12.4 Å². The first-order valence-electron chi connectivity index (χ1n) is 12.6. The lowest BCUT2D eigenvalue weighted by atomic mass is 10.0. The van der Waals surface area contributed by atoms with Crippen LogP contribution in [0, 0.1) is 5.92 Å². The molecule has 2 amide bonds. The zero-order valence-corrected chi connectivity index (χ0v) is 21.6. The Morgan fingerprint density at radius 1 is 1.03 bits per heavy atom. The number of carbonyl (C=O) groups excluding carboxylic acids is 2. The van der Waals surface area contributed by atoms with Crippen LogP contribution in [-0.2, 0) is 17.4 Å². The maximum atomic E-state index is 13.5. The number of halogens is 4. The van der Waals surface area contributed by atoms with Crippen LogP contribution in [0.1, 0.15) is 53.6 Å². The molecule has 37 heavy (non-hydrogen) atoms. The van der Waals surface area contributed by atoms with Gasteiger partial charge in [0.1, 0.15) is 0 Å². The summed E-state index contributed by atoms with van der Waals surface area (Å²) in [6.07, 6.45) is 0.781. The van der Waals surface area contributed by atoms with Crippen LogP contribution in [-0.4, -0.2) is 49.4 Å². The third-order valence-electron chi connectivity index (χ3n) is 7.44. The molecule has 1 aliphatic carbocycles. The first-order valence-corrected chi connectivity index (χ1v) is 12.6. The smallest absolute Gasteiger partial charge is 0.382 e. The van der Waals surface area contributed by atoms with Crippen LogP contribution in [0.5, 0.6) is 0 Å². The maximum absolute atomic E-state index is 13.5. The van der Waals surface area contributed by atoms with E-state index in [9.17, 15) is 22.8 Å². The number of hydrogen-bond acceptors (Lipinski definition) is 4. The van der Waals surface area contributed by atoms with Crippen molar-refractivity contribution in [1.82, 2.24) is 4.90 Å². The molecule has 1 saturated heterocycles.